The summed E-state index contributed by atoms with van der Waals surface area (Å²) in [6.07, 6.45) is 1.31. The van der Waals surface area contributed by atoms with Crippen molar-refractivity contribution in [2.24, 2.45) is 0 Å². The molecule has 108 valence electrons. The van der Waals surface area contributed by atoms with Crippen molar-refractivity contribution in [1.82, 2.24) is 14.8 Å². The molecule has 3 rings (SSSR count). The maximum atomic E-state index is 12.4. The molecule has 8 heteroatoms. The summed E-state index contributed by atoms with van der Waals surface area (Å²) in [5, 5.41) is 9.84. The number of benzene rings is 1. The van der Waals surface area contributed by atoms with E-state index in [9.17, 15) is 9.59 Å². The number of hydrogen-bond acceptors (Lipinski definition) is 4. The summed E-state index contributed by atoms with van der Waals surface area (Å²) in [5.74, 6) is -0.324. The lowest BCUT2D eigenvalue weighted by Gasteiger charge is -2.22. The fourth-order valence-electron chi connectivity index (χ4n) is 2.15. The van der Waals surface area contributed by atoms with Gasteiger partial charge in [0.2, 0.25) is 17.8 Å². The molecule has 21 heavy (non-hydrogen) atoms. The maximum absolute atomic E-state index is 12.4. The molecule has 0 saturated heterocycles. The van der Waals surface area contributed by atoms with E-state index in [1.54, 1.807) is 12.1 Å². The minimum atomic E-state index is -0.727. The molecule has 0 saturated carbocycles. The van der Waals surface area contributed by atoms with Crippen LogP contribution in [0, 0.1) is 6.92 Å². The average molecular weight is 306 g/mol. The summed E-state index contributed by atoms with van der Waals surface area (Å²) in [6.45, 7) is 1.86. The van der Waals surface area contributed by atoms with Crippen molar-refractivity contribution in [2.45, 2.75) is 19.4 Å². The maximum Gasteiger partial charge on any atom is 0.249 e. The van der Waals surface area contributed by atoms with Gasteiger partial charge in [0.25, 0.3) is 0 Å². The Morgan fingerprint density at radius 1 is 1.52 bits per heavy atom. The Hall–Kier alpha value is -2.41. The second kappa shape index (κ2) is 5.17. The number of aromatic nitrogens is 3. The van der Waals surface area contributed by atoms with E-state index in [2.05, 4.69) is 20.7 Å². The first-order valence-electron chi connectivity index (χ1n) is 6.31. The zero-order valence-electron chi connectivity index (χ0n) is 11.1. The minimum absolute atomic E-state index is 0.0157. The number of anilines is 2. The smallest absolute Gasteiger partial charge is 0.249 e. The van der Waals surface area contributed by atoms with Crippen molar-refractivity contribution in [1.29, 1.82) is 0 Å². The summed E-state index contributed by atoms with van der Waals surface area (Å²) >= 11 is 5.93. The Morgan fingerprint density at radius 2 is 2.33 bits per heavy atom. The number of rotatable bonds is 2. The third-order valence-corrected chi connectivity index (χ3v) is 3.49. The summed E-state index contributed by atoms with van der Waals surface area (Å²) in [6, 6.07) is 4.50. The average Bonchev–Trinajstić information content (AvgIpc) is 2.89. The van der Waals surface area contributed by atoms with Gasteiger partial charge in [-0.15, -0.1) is 0 Å². The highest BCUT2D eigenvalue weighted by Crippen LogP contribution is 2.25. The zero-order valence-corrected chi connectivity index (χ0v) is 11.9. The van der Waals surface area contributed by atoms with Crippen LogP contribution in [0.15, 0.2) is 24.5 Å². The highest BCUT2D eigenvalue weighted by Gasteiger charge is 2.32. The third kappa shape index (κ3) is 2.59. The van der Waals surface area contributed by atoms with Gasteiger partial charge >= 0.3 is 0 Å². The van der Waals surface area contributed by atoms with Crippen molar-refractivity contribution in [3.63, 3.8) is 0 Å². The minimum Gasteiger partial charge on any atom is -0.324 e. The third-order valence-electron chi connectivity index (χ3n) is 3.26. The van der Waals surface area contributed by atoms with Crippen LogP contribution < -0.4 is 10.6 Å². The standard InChI is InChI=1S/C13H12ClN5O2/c1-7-2-3-8(14)4-9(7)17-12(21)10-5-11(20)18-13-15-6-16-19(10)13/h2-4,6,10H,5H2,1H3,(H,17,21)(H,15,16,18,20)/t10-/m1/s1. The number of halogens is 1. The van der Waals surface area contributed by atoms with Gasteiger partial charge in [0.1, 0.15) is 12.4 Å². The van der Waals surface area contributed by atoms with E-state index < -0.39 is 6.04 Å². The Kier molecular flexibility index (Phi) is 3.34. The lowest BCUT2D eigenvalue weighted by atomic mass is 10.1. The Bertz CT molecular complexity index is 727. The van der Waals surface area contributed by atoms with Crippen LogP contribution in [0.2, 0.25) is 5.02 Å². The Morgan fingerprint density at radius 3 is 3.14 bits per heavy atom. The van der Waals surface area contributed by atoms with Crippen molar-refractivity contribution in [3.8, 4) is 0 Å². The topological polar surface area (TPSA) is 88.9 Å². The molecule has 2 N–H and O–H groups in total. The number of nitrogens with one attached hydrogen (secondary N) is 2. The summed E-state index contributed by atoms with van der Waals surface area (Å²) < 4.78 is 1.40. The molecule has 0 spiro atoms. The van der Waals surface area contributed by atoms with Crippen molar-refractivity contribution in [3.05, 3.63) is 35.1 Å². The van der Waals surface area contributed by atoms with Gasteiger partial charge in [-0.1, -0.05) is 17.7 Å². The van der Waals surface area contributed by atoms with E-state index in [4.69, 9.17) is 11.6 Å². The first kappa shape index (κ1) is 13.6. The van der Waals surface area contributed by atoms with Crippen LogP contribution in [-0.2, 0) is 9.59 Å². The molecule has 0 fully saturated rings. The van der Waals surface area contributed by atoms with E-state index in [1.807, 2.05) is 13.0 Å². The van der Waals surface area contributed by atoms with Gasteiger partial charge in [-0.2, -0.15) is 10.1 Å². The van der Waals surface area contributed by atoms with E-state index >= 15 is 0 Å². The number of aryl methyl sites for hydroxylation is 1. The van der Waals surface area contributed by atoms with Crippen LogP contribution in [0.5, 0.6) is 0 Å². The predicted octanol–water partition coefficient (Wildman–Crippen LogP) is 1.76. The first-order chi connectivity index (χ1) is 10.0. The molecule has 1 aliphatic rings. The second-order valence-corrected chi connectivity index (χ2v) is 5.18. The number of carbonyl (C=O) groups is 2. The molecule has 0 bridgehead atoms. The van der Waals surface area contributed by atoms with Crippen LogP contribution in [-0.4, -0.2) is 26.6 Å². The van der Waals surface area contributed by atoms with Crippen LogP contribution >= 0.6 is 11.6 Å². The van der Waals surface area contributed by atoms with E-state index in [0.29, 0.717) is 10.7 Å². The molecular weight excluding hydrogens is 294 g/mol. The molecule has 1 atom stereocenters. The van der Waals surface area contributed by atoms with Crippen molar-refractivity contribution in [2.75, 3.05) is 10.6 Å². The normalized spacial score (nSPS) is 17.0. The van der Waals surface area contributed by atoms with Crippen LogP contribution in [0.25, 0.3) is 0 Å². The van der Waals surface area contributed by atoms with Crippen molar-refractivity contribution < 1.29 is 9.59 Å². The van der Waals surface area contributed by atoms with Crippen LogP contribution in [0.1, 0.15) is 18.0 Å². The lowest BCUT2D eigenvalue weighted by Crippen LogP contribution is -2.36. The summed E-state index contributed by atoms with van der Waals surface area (Å²) in [5.41, 5.74) is 1.49. The number of hydrogen-bond donors (Lipinski definition) is 2. The molecule has 2 aromatic rings. The van der Waals surface area contributed by atoms with E-state index in [1.165, 1.54) is 11.0 Å². The number of carbonyl (C=O) groups excluding carboxylic acids is 2. The predicted molar refractivity (Wildman–Crippen MR) is 77.1 cm³/mol. The highest BCUT2D eigenvalue weighted by atomic mass is 35.5. The van der Waals surface area contributed by atoms with E-state index in [-0.39, 0.29) is 24.2 Å². The monoisotopic (exact) mass is 305 g/mol. The SMILES string of the molecule is Cc1ccc(Cl)cc1NC(=O)[C@H]1CC(=O)Nc2ncnn21. The summed E-state index contributed by atoms with van der Waals surface area (Å²) in [4.78, 5) is 27.9. The van der Waals surface area contributed by atoms with Gasteiger partial charge in [0, 0.05) is 10.7 Å². The molecule has 7 nitrogen and oxygen atoms in total. The number of fused-ring (bicyclic) bond motifs is 1. The molecule has 0 unspecified atom stereocenters. The molecule has 2 heterocycles. The zero-order chi connectivity index (χ0) is 15.0. The van der Waals surface area contributed by atoms with Crippen LogP contribution in [0.3, 0.4) is 0 Å². The fraction of sp³-hybridized carbons (Fsp3) is 0.231. The second-order valence-electron chi connectivity index (χ2n) is 4.74. The largest absolute Gasteiger partial charge is 0.324 e. The highest BCUT2D eigenvalue weighted by molar-refractivity contribution is 6.31. The molecular formula is C13H12ClN5O2. The molecule has 1 aliphatic heterocycles. The molecule has 1 aromatic heterocycles. The molecule has 1 aromatic carbocycles. The summed E-state index contributed by atoms with van der Waals surface area (Å²) in [7, 11) is 0. The molecule has 0 aliphatic carbocycles. The molecule has 2 amide bonds. The van der Waals surface area contributed by atoms with Crippen LogP contribution in [0.4, 0.5) is 11.6 Å². The lowest BCUT2D eigenvalue weighted by molar-refractivity contribution is -0.125. The fourth-order valence-corrected chi connectivity index (χ4v) is 2.33. The first-order valence-corrected chi connectivity index (χ1v) is 6.69. The van der Waals surface area contributed by atoms with Gasteiger partial charge in [0.15, 0.2) is 0 Å². The van der Waals surface area contributed by atoms with Gasteiger partial charge < -0.3 is 5.32 Å². The Labute approximate surface area is 125 Å². The van der Waals surface area contributed by atoms with Gasteiger partial charge in [0.05, 0.1) is 6.42 Å². The van der Waals surface area contributed by atoms with Crippen molar-refractivity contribution >= 4 is 35.1 Å². The quantitative estimate of drug-likeness (QED) is 0.885. The van der Waals surface area contributed by atoms with Gasteiger partial charge in [-0.25, -0.2) is 4.68 Å². The number of amides is 2. The van der Waals surface area contributed by atoms with Gasteiger partial charge in [-0.3, -0.25) is 14.9 Å². The molecule has 0 radical (unpaired) electrons. The number of nitrogens with zero attached hydrogens (tertiary/aromatic N) is 3. The Balaban J connectivity index is 1.86. The van der Waals surface area contributed by atoms with Gasteiger partial charge in [-0.05, 0) is 24.6 Å². The van der Waals surface area contributed by atoms with E-state index in [0.717, 1.165) is 5.56 Å².